The number of anilines is 3. The number of fused-ring (bicyclic) bond motifs is 16. The van der Waals surface area contributed by atoms with E-state index in [4.69, 9.17) is 0 Å². The van der Waals surface area contributed by atoms with E-state index in [0.717, 1.165) is 0 Å². The number of hydrogen-bond acceptors (Lipinski definition) is 1. The number of rotatable bonds is 0. The van der Waals surface area contributed by atoms with E-state index in [2.05, 4.69) is 191 Å². The summed E-state index contributed by atoms with van der Waals surface area (Å²) in [4.78, 5) is 2.65. The zero-order valence-electron chi connectivity index (χ0n) is 32.7. The van der Waals surface area contributed by atoms with Gasteiger partial charge in [0, 0.05) is 38.7 Å². The highest BCUT2D eigenvalue weighted by Gasteiger charge is 2.55. The third kappa shape index (κ3) is 3.73. The summed E-state index contributed by atoms with van der Waals surface area (Å²) < 4.78 is 2.73. The van der Waals surface area contributed by atoms with Gasteiger partial charge in [-0.1, -0.05) is 139 Å². The molecule has 4 heterocycles. The van der Waals surface area contributed by atoms with Crippen molar-refractivity contribution in [2.45, 2.75) is 64.7 Å². The largest absolute Gasteiger partial charge is 0.375 e. The van der Waals surface area contributed by atoms with E-state index in [-0.39, 0.29) is 17.7 Å². The first-order valence-electron chi connectivity index (χ1n) is 20.0. The highest BCUT2D eigenvalue weighted by molar-refractivity contribution is 6.90. The van der Waals surface area contributed by atoms with Gasteiger partial charge in [-0.2, -0.15) is 0 Å². The normalized spacial score (nSPS) is 15.3. The lowest BCUT2D eigenvalue weighted by molar-refractivity contribution is 0.590. The number of aromatic nitrogens is 1. The minimum atomic E-state index is -0.445. The third-order valence-electron chi connectivity index (χ3n) is 13.5. The lowest BCUT2D eigenvalue weighted by Gasteiger charge is -2.49. The second kappa shape index (κ2) is 10.1. The van der Waals surface area contributed by atoms with E-state index in [1.807, 2.05) is 0 Å². The van der Waals surface area contributed by atoms with Gasteiger partial charge in [0.25, 0.3) is 0 Å². The predicted molar refractivity (Wildman–Crippen MR) is 233 cm³/mol. The molecule has 0 unspecified atom stereocenters. The fourth-order valence-electron chi connectivity index (χ4n) is 11.1. The first kappa shape index (κ1) is 31.5. The van der Waals surface area contributed by atoms with Gasteiger partial charge in [0.1, 0.15) is 0 Å². The maximum Gasteiger partial charge on any atom is 0.333 e. The molecule has 0 saturated carbocycles. The monoisotopic (exact) mass is 706 g/mol. The van der Waals surface area contributed by atoms with Gasteiger partial charge in [-0.05, 0) is 121 Å². The lowest BCUT2D eigenvalue weighted by Crippen LogP contribution is -2.58. The van der Waals surface area contributed by atoms with Crippen molar-refractivity contribution in [3.63, 3.8) is 0 Å². The number of aryl methyl sites for hydroxylation is 1. The molecule has 4 aliphatic rings. The molecule has 0 radical (unpaired) electrons. The van der Waals surface area contributed by atoms with Crippen molar-refractivity contribution >= 4 is 56.6 Å². The number of hydrogen-bond donors (Lipinski definition) is 0. The Labute approximate surface area is 324 Å². The van der Waals surface area contributed by atoms with Gasteiger partial charge >= 0.3 is 6.85 Å². The minimum Gasteiger partial charge on any atom is -0.375 e. The molecular formula is C52H43BN2. The Kier molecular flexibility index (Phi) is 5.78. The topological polar surface area (TPSA) is 8.17 Å². The summed E-state index contributed by atoms with van der Waals surface area (Å²) in [5, 5.41) is 2.72. The molecule has 1 spiro atoms. The fourth-order valence-corrected chi connectivity index (χ4v) is 11.1. The van der Waals surface area contributed by atoms with E-state index in [9.17, 15) is 0 Å². The molecule has 2 nitrogen and oxygen atoms in total. The maximum absolute atomic E-state index is 2.73. The van der Waals surface area contributed by atoms with Crippen LogP contribution in [0, 0.1) is 6.92 Å². The molecule has 0 bridgehead atoms. The number of para-hydroxylation sites is 2. The van der Waals surface area contributed by atoms with Crippen LogP contribution in [-0.2, 0) is 16.2 Å². The molecule has 3 aliphatic heterocycles. The molecule has 0 N–H and O–H groups in total. The summed E-state index contributed by atoms with van der Waals surface area (Å²) in [6, 6.07) is 52.1. The summed E-state index contributed by atoms with van der Waals surface area (Å²) >= 11 is 0. The molecule has 12 rings (SSSR count). The Bertz CT molecular complexity index is 2990. The van der Waals surface area contributed by atoms with Gasteiger partial charge in [0.15, 0.2) is 0 Å². The molecule has 0 saturated heterocycles. The van der Waals surface area contributed by atoms with E-state index in [1.165, 1.54) is 111 Å². The van der Waals surface area contributed by atoms with Crippen LogP contribution in [0.5, 0.6) is 0 Å². The zero-order chi connectivity index (χ0) is 37.3. The maximum atomic E-state index is 2.73. The van der Waals surface area contributed by atoms with Gasteiger partial charge in [-0.3, -0.25) is 0 Å². The number of nitrogens with zero attached hydrogens (tertiary/aromatic N) is 2. The Hall–Kier alpha value is -5.80. The van der Waals surface area contributed by atoms with E-state index in [1.54, 1.807) is 0 Å². The first-order chi connectivity index (χ1) is 26.5. The highest BCUT2D eigenvalue weighted by Crippen LogP contribution is 2.64. The van der Waals surface area contributed by atoms with Gasteiger partial charge in [0.05, 0.1) is 11.1 Å². The Morgan fingerprint density at radius 2 is 1.15 bits per heavy atom. The molecule has 55 heavy (non-hydrogen) atoms. The lowest BCUT2D eigenvalue weighted by atomic mass is 9.44. The molecule has 0 amide bonds. The molecule has 8 aromatic rings. The average molecular weight is 707 g/mol. The third-order valence-corrected chi connectivity index (χ3v) is 13.5. The van der Waals surface area contributed by atoms with Crippen molar-refractivity contribution in [3.8, 4) is 22.3 Å². The molecule has 0 fully saturated rings. The molecular weight excluding hydrogens is 663 g/mol. The Morgan fingerprint density at radius 3 is 1.85 bits per heavy atom. The number of benzene rings is 7. The fraction of sp³-hybridized carbons (Fsp3) is 0.192. The summed E-state index contributed by atoms with van der Waals surface area (Å²) in [5.41, 5.74) is 23.8. The predicted octanol–water partition coefficient (Wildman–Crippen LogP) is 11.8. The molecule has 1 aromatic heterocycles. The zero-order valence-corrected chi connectivity index (χ0v) is 32.7. The van der Waals surface area contributed by atoms with Crippen LogP contribution in [0.3, 0.4) is 0 Å². The van der Waals surface area contributed by atoms with Gasteiger partial charge in [-0.25, -0.2) is 0 Å². The van der Waals surface area contributed by atoms with Gasteiger partial charge < -0.3 is 9.38 Å². The van der Waals surface area contributed by atoms with Gasteiger partial charge in [0.2, 0.25) is 0 Å². The first-order valence-corrected chi connectivity index (χ1v) is 20.0. The quantitative estimate of drug-likeness (QED) is 0.143. The van der Waals surface area contributed by atoms with Crippen LogP contribution in [0.15, 0.2) is 133 Å². The summed E-state index contributed by atoms with van der Waals surface area (Å²) in [5.74, 6) is 0. The smallest absolute Gasteiger partial charge is 0.333 e. The van der Waals surface area contributed by atoms with E-state index in [0.29, 0.717) is 0 Å². The summed E-state index contributed by atoms with van der Waals surface area (Å²) in [7, 11) is 0. The summed E-state index contributed by atoms with van der Waals surface area (Å²) in [6.45, 7) is 16.4. The second-order valence-corrected chi connectivity index (χ2v) is 18.6. The van der Waals surface area contributed by atoms with Crippen molar-refractivity contribution < 1.29 is 0 Å². The molecule has 0 atom stereocenters. The van der Waals surface area contributed by atoms with Crippen LogP contribution >= 0.6 is 0 Å². The standard InChI is InChI=1S/C52H43BN2/c1-30-25-36-38-29-32(51(5,6)7)28-37-35-27-31(50(2,3)4)23-24-44(35)55(48(37)38)53-43-21-14-20-42-49(43)54(46(26-30)47(36)53)45-22-13-12-19-41(45)52(42)39-17-10-8-15-33(39)34-16-9-11-18-40(34)52/h8-29H,1-7H3. The molecule has 1 aliphatic carbocycles. The van der Waals surface area contributed by atoms with Crippen LogP contribution in [0.2, 0.25) is 0 Å². The van der Waals surface area contributed by atoms with Crippen LogP contribution in [-0.4, -0.2) is 11.3 Å². The average Bonchev–Trinajstić information content (AvgIpc) is 3.66. The van der Waals surface area contributed by atoms with E-state index >= 15 is 0 Å². The SMILES string of the molecule is Cc1cc2c3c(c1)N1c4ccccc4C4(c5ccccc5-c5ccccc54)c4cccc(c41)B3n1c3ccc(C(C)(C)C)cc3c3cc(C(C)(C)C)cc-2c31. The Balaban J connectivity index is 1.27. The van der Waals surface area contributed by atoms with Crippen LogP contribution in [0.25, 0.3) is 44.1 Å². The van der Waals surface area contributed by atoms with Gasteiger partial charge in [-0.15, -0.1) is 0 Å². The van der Waals surface area contributed by atoms with Crippen molar-refractivity contribution in [2.75, 3.05) is 4.90 Å². The van der Waals surface area contributed by atoms with Crippen LogP contribution < -0.4 is 15.8 Å². The van der Waals surface area contributed by atoms with Crippen LogP contribution in [0.4, 0.5) is 17.1 Å². The second-order valence-electron chi connectivity index (χ2n) is 18.6. The summed E-state index contributed by atoms with van der Waals surface area (Å²) in [6.07, 6.45) is 0. The minimum absolute atomic E-state index is 0.00300. The van der Waals surface area contributed by atoms with Crippen molar-refractivity contribution in [3.05, 3.63) is 172 Å². The molecule has 3 heteroatoms. The van der Waals surface area contributed by atoms with Crippen LogP contribution in [0.1, 0.15) is 80.5 Å². The Morgan fingerprint density at radius 1 is 0.509 bits per heavy atom. The van der Waals surface area contributed by atoms with E-state index < -0.39 is 5.41 Å². The van der Waals surface area contributed by atoms with Crippen molar-refractivity contribution in [1.29, 1.82) is 0 Å². The molecule has 7 aromatic carbocycles. The highest BCUT2D eigenvalue weighted by atomic mass is 15.2. The van der Waals surface area contributed by atoms with Crippen molar-refractivity contribution in [2.24, 2.45) is 0 Å². The van der Waals surface area contributed by atoms with Crippen molar-refractivity contribution in [1.82, 2.24) is 4.48 Å². The molecule has 264 valence electrons.